The predicted molar refractivity (Wildman–Crippen MR) is 90.8 cm³/mol. The summed E-state index contributed by atoms with van der Waals surface area (Å²) in [6.07, 6.45) is 3.99. The number of carbonyl (C=O) groups excluding carboxylic acids is 1. The predicted octanol–water partition coefficient (Wildman–Crippen LogP) is 2.53. The number of aromatic nitrogens is 1. The smallest absolute Gasteiger partial charge is 0.223 e. The van der Waals surface area contributed by atoms with Crippen molar-refractivity contribution in [3.8, 4) is 0 Å². The molecular formula is C15H25N3OS2. The fourth-order valence-electron chi connectivity index (χ4n) is 2.72. The Morgan fingerprint density at radius 1 is 1.57 bits per heavy atom. The molecular weight excluding hydrogens is 302 g/mol. The molecule has 1 aromatic rings. The van der Waals surface area contributed by atoms with Gasteiger partial charge in [0.05, 0.1) is 10.7 Å². The molecule has 0 spiro atoms. The maximum absolute atomic E-state index is 12.2. The quantitative estimate of drug-likeness (QED) is 0.872. The van der Waals surface area contributed by atoms with Crippen molar-refractivity contribution in [2.75, 3.05) is 25.1 Å². The van der Waals surface area contributed by atoms with E-state index in [0.717, 1.165) is 48.9 Å². The number of hydrogen-bond donors (Lipinski definition) is 1. The number of thioether (sulfide) groups is 1. The van der Waals surface area contributed by atoms with Crippen molar-refractivity contribution in [2.45, 2.75) is 39.3 Å². The largest absolute Gasteiger partial charge is 0.353 e. The van der Waals surface area contributed by atoms with Crippen molar-refractivity contribution in [3.63, 3.8) is 0 Å². The summed E-state index contributed by atoms with van der Waals surface area (Å²) in [4.78, 5) is 19.1. The van der Waals surface area contributed by atoms with Crippen molar-refractivity contribution < 1.29 is 4.79 Å². The molecule has 4 nitrogen and oxygen atoms in total. The fourth-order valence-corrected chi connectivity index (χ4v) is 3.90. The van der Waals surface area contributed by atoms with Crippen molar-refractivity contribution >= 4 is 29.0 Å². The highest BCUT2D eigenvalue weighted by Crippen LogP contribution is 2.20. The number of aryl methyl sites for hydroxylation is 1. The number of nitrogens with zero attached hydrogens (tertiary/aromatic N) is 2. The number of hydrogen-bond acceptors (Lipinski definition) is 5. The van der Waals surface area contributed by atoms with Crippen LogP contribution in [-0.4, -0.2) is 46.9 Å². The number of carbonyl (C=O) groups is 1. The third kappa shape index (κ3) is 5.27. The third-order valence-corrected chi connectivity index (χ3v) is 5.47. The van der Waals surface area contributed by atoms with E-state index in [1.54, 1.807) is 23.1 Å². The van der Waals surface area contributed by atoms with Gasteiger partial charge in [-0.3, -0.25) is 9.69 Å². The molecule has 0 bridgehead atoms. The lowest BCUT2D eigenvalue weighted by atomic mass is 9.95. The van der Waals surface area contributed by atoms with Gasteiger partial charge in [-0.05, 0) is 46.0 Å². The van der Waals surface area contributed by atoms with Crippen LogP contribution in [0.15, 0.2) is 5.38 Å². The zero-order chi connectivity index (χ0) is 15.2. The standard InChI is InChI=1S/C15H25N3OS2/c1-11(9-20-3)16-15(19)13-4-6-18(7-5-13)8-14-10-21-12(2)17-14/h10-11,13H,4-9H2,1-3H3,(H,16,19)/t11-/m1/s1. The van der Waals surface area contributed by atoms with E-state index < -0.39 is 0 Å². The zero-order valence-corrected chi connectivity index (χ0v) is 14.7. The SMILES string of the molecule is CSC[C@@H](C)NC(=O)C1CCN(Cc2csc(C)n2)CC1. The van der Waals surface area contributed by atoms with E-state index in [2.05, 4.69) is 33.8 Å². The minimum Gasteiger partial charge on any atom is -0.353 e. The lowest BCUT2D eigenvalue weighted by Gasteiger charge is -2.31. The van der Waals surface area contributed by atoms with Gasteiger partial charge in [0.2, 0.25) is 5.91 Å². The summed E-state index contributed by atoms with van der Waals surface area (Å²) in [7, 11) is 0. The zero-order valence-electron chi connectivity index (χ0n) is 13.1. The van der Waals surface area contributed by atoms with Crippen LogP contribution in [0.25, 0.3) is 0 Å². The summed E-state index contributed by atoms with van der Waals surface area (Å²) in [5, 5.41) is 6.39. The number of likely N-dealkylation sites (tertiary alicyclic amines) is 1. The van der Waals surface area contributed by atoms with Crippen molar-refractivity contribution in [3.05, 3.63) is 16.1 Å². The van der Waals surface area contributed by atoms with Gasteiger partial charge in [-0.25, -0.2) is 4.98 Å². The molecule has 0 unspecified atom stereocenters. The van der Waals surface area contributed by atoms with Gasteiger partial charge in [-0.2, -0.15) is 11.8 Å². The van der Waals surface area contributed by atoms with Gasteiger partial charge >= 0.3 is 0 Å². The summed E-state index contributed by atoms with van der Waals surface area (Å²) in [5.41, 5.74) is 1.16. The Morgan fingerprint density at radius 2 is 2.29 bits per heavy atom. The Hall–Kier alpha value is -0.590. The Morgan fingerprint density at radius 3 is 2.86 bits per heavy atom. The normalized spacial score (nSPS) is 18.6. The summed E-state index contributed by atoms with van der Waals surface area (Å²) >= 11 is 3.48. The minimum atomic E-state index is 0.183. The maximum atomic E-state index is 12.2. The molecule has 21 heavy (non-hydrogen) atoms. The maximum Gasteiger partial charge on any atom is 0.223 e. The first kappa shape index (κ1) is 16.8. The van der Waals surface area contributed by atoms with Gasteiger partial charge in [0.1, 0.15) is 0 Å². The van der Waals surface area contributed by atoms with Gasteiger partial charge in [0.25, 0.3) is 0 Å². The molecule has 1 amide bonds. The second-order valence-electron chi connectivity index (χ2n) is 5.77. The van der Waals surface area contributed by atoms with Crippen LogP contribution < -0.4 is 5.32 Å². The second-order valence-corrected chi connectivity index (χ2v) is 7.75. The first-order valence-corrected chi connectivity index (χ1v) is 9.78. The number of piperidine rings is 1. The van der Waals surface area contributed by atoms with Crippen molar-refractivity contribution in [1.29, 1.82) is 0 Å². The Bertz CT molecular complexity index is 456. The van der Waals surface area contributed by atoms with Gasteiger partial charge in [0.15, 0.2) is 0 Å². The van der Waals surface area contributed by atoms with Crippen LogP contribution in [0, 0.1) is 12.8 Å². The van der Waals surface area contributed by atoms with Crippen LogP contribution in [0.5, 0.6) is 0 Å². The molecule has 0 aliphatic carbocycles. The molecule has 1 fully saturated rings. The van der Waals surface area contributed by atoms with Gasteiger partial charge in [0, 0.05) is 29.6 Å². The average molecular weight is 328 g/mol. The summed E-state index contributed by atoms with van der Waals surface area (Å²) < 4.78 is 0. The molecule has 1 aliphatic heterocycles. The highest BCUT2D eigenvalue weighted by molar-refractivity contribution is 7.98. The number of nitrogens with one attached hydrogen (secondary N) is 1. The molecule has 1 atom stereocenters. The Balaban J connectivity index is 1.73. The van der Waals surface area contributed by atoms with E-state index in [0.29, 0.717) is 0 Å². The van der Waals surface area contributed by atoms with E-state index in [1.807, 2.05) is 6.92 Å². The van der Waals surface area contributed by atoms with Crippen LogP contribution in [0.2, 0.25) is 0 Å². The number of rotatable bonds is 6. The highest BCUT2D eigenvalue weighted by atomic mass is 32.2. The van der Waals surface area contributed by atoms with E-state index in [1.165, 1.54) is 0 Å². The van der Waals surface area contributed by atoms with Crippen LogP contribution in [0.4, 0.5) is 0 Å². The molecule has 0 aromatic carbocycles. The van der Waals surface area contributed by atoms with Crippen molar-refractivity contribution in [2.24, 2.45) is 5.92 Å². The van der Waals surface area contributed by atoms with E-state index in [9.17, 15) is 4.79 Å². The first-order chi connectivity index (χ1) is 10.1. The molecule has 1 aliphatic rings. The molecule has 2 rings (SSSR count). The highest BCUT2D eigenvalue weighted by Gasteiger charge is 2.25. The molecule has 0 radical (unpaired) electrons. The van der Waals surface area contributed by atoms with E-state index in [-0.39, 0.29) is 17.9 Å². The summed E-state index contributed by atoms with van der Waals surface area (Å²) in [6.45, 7) is 7.02. The summed E-state index contributed by atoms with van der Waals surface area (Å²) in [5.74, 6) is 1.40. The van der Waals surface area contributed by atoms with Gasteiger partial charge in [-0.1, -0.05) is 0 Å². The lowest BCUT2D eigenvalue weighted by Crippen LogP contribution is -2.43. The lowest BCUT2D eigenvalue weighted by molar-refractivity contribution is -0.126. The van der Waals surface area contributed by atoms with E-state index in [4.69, 9.17) is 0 Å². The van der Waals surface area contributed by atoms with Crippen LogP contribution in [0.3, 0.4) is 0 Å². The monoisotopic (exact) mass is 327 g/mol. The summed E-state index contributed by atoms with van der Waals surface area (Å²) in [6, 6.07) is 0.267. The average Bonchev–Trinajstić information content (AvgIpc) is 2.85. The molecule has 6 heteroatoms. The van der Waals surface area contributed by atoms with Gasteiger partial charge < -0.3 is 5.32 Å². The fraction of sp³-hybridized carbons (Fsp3) is 0.733. The third-order valence-electron chi connectivity index (χ3n) is 3.82. The molecule has 0 saturated carbocycles. The Labute approximate surface area is 135 Å². The van der Waals surface area contributed by atoms with Crippen molar-refractivity contribution in [1.82, 2.24) is 15.2 Å². The molecule has 1 saturated heterocycles. The topological polar surface area (TPSA) is 45.2 Å². The van der Waals surface area contributed by atoms with Crippen LogP contribution in [0.1, 0.15) is 30.5 Å². The van der Waals surface area contributed by atoms with Crippen LogP contribution in [-0.2, 0) is 11.3 Å². The molecule has 1 N–H and O–H groups in total. The Kier molecular flexibility index (Phi) is 6.51. The molecule has 118 valence electrons. The number of amides is 1. The van der Waals surface area contributed by atoms with E-state index >= 15 is 0 Å². The van der Waals surface area contributed by atoms with Crippen LogP contribution >= 0.6 is 23.1 Å². The second kappa shape index (κ2) is 8.15. The first-order valence-electron chi connectivity index (χ1n) is 7.51. The number of thiazole rings is 1. The minimum absolute atomic E-state index is 0.183. The molecule has 2 heterocycles. The molecule has 1 aromatic heterocycles. The van der Waals surface area contributed by atoms with Gasteiger partial charge in [-0.15, -0.1) is 11.3 Å².